The fourth-order valence-electron chi connectivity index (χ4n) is 7.63. The average molecular weight is 359 g/mol. The molecule has 3 fully saturated rings. The third-order valence-corrected chi connectivity index (χ3v) is 8.88. The molecule has 0 bridgehead atoms. The van der Waals surface area contributed by atoms with Crippen molar-refractivity contribution in [2.24, 2.45) is 34.5 Å². The van der Waals surface area contributed by atoms with Crippen LogP contribution in [0.1, 0.15) is 79.1 Å². The van der Waals surface area contributed by atoms with E-state index in [0.29, 0.717) is 11.7 Å². The van der Waals surface area contributed by atoms with Gasteiger partial charge >= 0.3 is 5.97 Å². The summed E-state index contributed by atoms with van der Waals surface area (Å²) in [7, 11) is 0. The number of carbonyl (C=O) groups is 2. The van der Waals surface area contributed by atoms with Crippen molar-refractivity contribution in [3.8, 4) is 0 Å². The van der Waals surface area contributed by atoms with E-state index in [-0.39, 0.29) is 28.8 Å². The van der Waals surface area contributed by atoms with Gasteiger partial charge in [-0.1, -0.05) is 25.5 Å². The molecule has 0 radical (unpaired) electrons. The predicted molar refractivity (Wildman–Crippen MR) is 101 cm³/mol. The van der Waals surface area contributed by atoms with Crippen LogP contribution in [0, 0.1) is 34.5 Å². The van der Waals surface area contributed by atoms with Crippen molar-refractivity contribution in [1.82, 2.24) is 0 Å². The van der Waals surface area contributed by atoms with Crippen LogP contribution in [-0.2, 0) is 14.3 Å². The molecule has 0 aliphatic heterocycles. The van der Waals surface area contributed by atoms with E-state index >= 15 is 0 Å². The molecular weight excluding hydrogens is 324 g/mol. The molecule has 0 aromatic rings. The summed E-state index contributed by atoms with van der Waals surface area (Å²) in [5.74, 6) is 2.72. The maximum absolute atomic E-state index is 12.2. The van der Waals surface area contributed by atoms with E-state index in [4.69, 9.17) is 4.74 Å². The van der Waals surface area contributed by atoms with Crippen LogP contribution >= 0.6 is 0 Å². The van der Waals surface area contributed by atoms with E-state index in [0.717, 1.165) is 43.9 Å². The molecule has 0 N–H and O–H groups in total. The van der Waals surface area contributed by atoms with Crippen molar-refractivity contribution in [2.75, 3.05) is 0 Å². The van der Waals surface area contributed by atoms with Gasteiger partial charge in [-0.3, -0.25) is 9.59 Å². The highest BCUT2D eigenvalue weighted by Gasteiger charge is 2.59. The molecule has 3 nitrogen and oxygen atoms in total. The normalized spacial score (nSPS) is 47.2. The van der Waals surface area contributed by atoms with Crippen LogP contribution < -0.4 is 0 Å². The zero-order chi connectivity index (χ0) is 18.7. The minimum Gasteiger partial charge on any atom is -0.462 e. The largest absolute Gasteiger partial charge is 0.462 e. The first-order chi connectivity index (χ1) is 12.3. The molecule has 3 heteroatoms. The molecule has 0 unspecified atom stereocenters. The van der Waals surface area contributed by atoms with Gasteiger partial charge in [0.2, 0.25) is 0 Å². The van der Waals surface area contributed by atoms with Crippen molar-refractivity contribution in [2.45, 2.75) is 85.2 Å². The van der Waals surface area contributed by atoms with Crippen molar-refractivity contribution in [1.29, 1.82) is 0 Å². The van der Waals surface area contributed by atoms with Crippen LogP contribution in [0.5, 0.6) is 0 Å². The van der Waals surface area contributed by atoms with Gasteiger partial charge in [0.25, 0.3) is 0 Å². The Morgan fingerprint density at radius 2 is 1.81 bits per heavy atom. The number of allylic oxidation sites excluding steroid dienone is 1. The Balaban J connectivity index is 1.59. The van der Waals surface area contributed by atoms with Gasteiger partial charge < -0.3 is 4.74 Å². The number of esters is 1. The summed E-state index contributed by atoms with van der Waals surface area (Å²) < 4.78 is 5.53. The predicted octanol–water partition coefficient (Wildman–Crippen LogP) is 5.09. The maximum Gasteiger partial charge on any atom is 0.302 e. The summed E-state index contributed by atoms with van der Waals surface area (Å²) in [6.07, 6.45) is 11.6. The number of rotatable bonds is 2. The standard InChI is InChI=1S/C23H34O3/c1-14(24)19-7-8-20-18-6-5-16-13-17(26-15(2)25)9-11-22(16,3)21(18)10-12-23(19,20)4/h5,17-21H,6-13H2,1-4H3/t17-,18+,19-,20-,21+,22-,23-/m1/s1. The Bertz CT molecular complexity index is 650. The average Bonchev–Trinajstić information content (AvgIpc) is 2.92. The summed E-state index contributed by atoms with van der Waals surface area (Å²) in [6, 6.07) is 0. The van der Waals surface area contributed by atoms with Crippen molar-refractivity contribution in [3.05, 3.63) is 11.6 Å². The van der Waals surface area contributed by atoms with Gasteiger partial charge in [0.05, 0.1) is 0 Å². The number of Topliss-reactive ketones (excluding diaryl/α,β-unsaturated/α-hetero) is 1. The van der Waals surface area contributed by atoms with Gasteiger partial charge in [-0.25, -0.2) is 0 Å². The van der Waals surface area contributed by atoms with Gasteiger partial charge in [0.1, 0.15) is 11.9 Å². The molecule has 144 valence electrons. The lowest BCUT2D eigenvalue weighted by molar-refractivity contribution is -0.149. The lowest BCUT2D eigenvalue weighted by Crippen LogP contribution is -2.51. The number of fused-ring (bicyclic) bond motifs is 5. The zero-order valence-corrected chi connectivity index (χ0v) is 16.8. The van der Waals surface area contributed by atoms with Crippen molar-refractivity contribution < 1.29 is 14.3 Å². The van der Waals surface area contributed by atoms with E-state index in [1.54, 1.807) is 12.5 Å². The first-order valence-corrected chi connectivity index (χ1v) is 10.6. The molecule has 4 aliphatic carbocycles. The fraction of sp³-hybridized carbons (Fsp3) is 0.826. The first kappa shape index (κ1) is 18.3. The second kappa shape index (κ2) is 6.21. The Morgan fingerprint density at radius 3 is 2.50 bits per heavy atom. The van der Waals surface area contributed by atoms with Crippen LogP contribution in [0.3, 0.4) is 0 Å². The Hall–Kier alpha value is -1.12. The molecule has 4 aliphatic rings. The molecule has 0 saturated heterocycles. The van der Waals surface area contributed by atoms with Gasteiger partial charge in [0.15, 0.2) is 0 Å². The van der Waals surface area contributed by atoms with Gasteiger partial charge in [0, 0.05) is 19.3 Å². The van der Waals surface area contributed by atoms with Crippen LogP contribution in [0.25, 0.3) is 0 Å². The summed E-state index contributed by atoms with van der Waals surface area (Å²) >= 11 is 0. The number of hydrogen-bond acceptors (Lipinski definition) is 3. The van der Waals surface area contributed by atoms with E-state index in [1.807, 2.05) is 0 Å². The topological polar surface area (TPSA) is 43.4 Å². The van der Waals surface area contributed by atoms with Gasteiger partial charge in [-0.2, -0.15) is 0 Å². The quantitative estimate of drug-likeness (QED) is 0.510. The first-order valence-electron chi connectivity index (χ1n) is 10.6. The van der Waals surface area contributed by atoms with Crippen LogP contribution in [0.2, 0.25) is 0 Å². The highest BCUT2D eigenvalue weighted by Crippen LogP contribution is 2.66. The van der Waals surface area contributed by atoms with Crippen LogP contribution in [0.4, 0.5) is 0 Å². The monoisotopic (exact) mass is 358 g/mol. The highest BCUT2D eigenvalue weighted by atomic mass is 16.5. The molecule has 3 saturated carbocycles. The number of ketones is 1. The maximum atomic E-state index is 12.2. The van der Waals surface area contributed by atoms with E-state index in [9.17, 15) is 9.59 Å². The lowest BCUT2D eigenvalue weighted by Gasteiger charge is -2.58. The molecule has 0 spiro atoms. The molecule has 26 heavy (non-hydrogen) atoms. The Morgan fingerprint density at radius 1 is 1.04 bits per heavy atom. The van der Waals surface area contributed by atoms with Crippen LogP contribution in [0.15, 0.2) is 11.6 Å². The molecular formula is C23H34O3. The molecule has 0 amide bonds. The van der Waals surface area contributed by atoms with Crippen molar-refractivity contribution in [3.63, 3.8) is 0 Å². The molecule has 0 aromatic heterocycles. The number of ether oxygens (including phenoxy) is 1. The number of carbonyl (C=O) groups excluding carboxylic acids is 2. The molecule has 0 heterocycles. The second-order valence-corrected chi connectivity index (χ2v) is 10.0. The Kier molecular flexibility index (Phi) is 4.36. The SMILES string of the molecule is CC(=O)O[C@@H]1CC[C@]2(C)C(=CC[C@H]3[C@H]4CC[C@H](C(C)=O)[C@@]4(C)CC[C@@H]32)C1. The smallest absolute Gasteiger partial charge is 0.302 e. The summed E-state index contributed by atoms with van der Waals surface area (Å²) in [5.41, 5.74) is 2.04. The summed E-state index contributed by atoms with van der Waals surface area (Å²) in [4.78, 5) is 23.6. The fourth-order valence-corrected chi connectivity index (χ4v) is 7.63. The van der Waals surface area contributed by atoms with Crippen molar-refractivity contribution >= 4 is 11.8 Å². The second-order valence-electron chi connectivity index (χ2n) is 10.0. The minimum atomic E-state index is -0.150. The van der Waals surface area contributed by atoms with Crippen LogP contribution in [-0.4, -0.2) is 17.9 Å². The van der Waals surface area contributed by atoms with E-state index in [1.165, 1.54) is 26.2 Å². The summed E-state index contributed by atoms with van der Waals surface area (Å²) in [6.45, 7) is 8.21. The van der Waals surface area contributed by atoms with Gasteiger partial charge in [-0.15, -0.1) is 0 Å². The Labute approximate surface area is 157 Å². The van der Waals surface area contributed by atoms with E-state index in [2.05, 4.69) is 19.9 Å². The lowest BCUT2D eigenvalue weighted by atomic mass is 9.47. The third-order valence-electron chi connectivity index (χ3n) is 8.88. The summed E-state index contributed by atoms with van der Waals surface area (Å²) in [5, 5.41) is 0. The van der Waals surface area contributed by atoms with E-state index < -0.39 is 0 Å². The molecule has 4 rings (SSSR count). The zero-order valence-electron chi connectivity index (χ0n) is 16.8. The molecule has 7 atom stereocenters. The number of hydrogen-bond donors (Lipinski definition) is 0. The minimum absolute atomic E-state index is 0.0748. The third kappa shape index (κ3) is 2.60. The van der Waals surface area contributed by atoms with Gasteiger partial charge in [-0.05, 0) is 80.5 Å². The highest BCUT2D eigenvalue weighted by molar-refractivity contribution is 5.79. The molecule has 0 aromatic carbocycles.